The Kier molecular flexibility index (Phi) is 8.52. The first kappa shape index (κ1) is 14.9. The third-order valence-electron chi connectivity index (χ3n) is 2.28. The van der Waals surface area contributed by atoms with Crippen LogP contribution < -0.4 is 11.0 Å². The number of nitrogens with two attached hydrogens (primary N) is 1. The van der Waals surface area contributed by atoms with Gasteiger partial charge < -0.3 is 15.7 Å². The van der Waals surface area contributed by atoms with Gasteiger partial charge in [0.1, 0.15) is 0 Å². The van der Waals surface area contributed by atoms with Gasteiger partial charge in [0.2, 0.25) is 0 Å². The summed E-state index contributed by atoms with van der Waals surface area (Å²) in [7, 11) is 0. The van der Waals surface area contributed by atoms with E-state index in [-0.39, 0.29) is 0 Å². The van der Waals surface area contributed by atoms with E-state index >= 15 is 0 Å². The van der Waals surface area contributed by atoms with E-state index in [1.807, 2.05) is 0 Å². The average Bonchev–Trinajstić information content (AvgIpc) is 2.32. The fourth-order valence-electron chi connectivity index (χ4n) is 1.17. The fraction of sp³-hybridized carbons (Fsp3) is 0.818. The Morgan fingerprint density at radius 3 is 2.56 bits per heavy atom. The van der Waals surface area contributed by atoms with Gasteiger partial charge in [0.15, 0.2) is 6.61 Å². The lowest BCUT2D eigenvalue weighted by atomic mass is 10.1. The van der Waals surface area contributed by atoms with Crippen molar-refractivity contribution >= 4 is 11.8 Å². The van der Waals surface area contributed by atoms with Gasteiger partial charge in [0.25, 0.3) is 0 Å². The maximum atomic E-state index is 11.4. The van der Waals surface area contributed by atoms with E-state index in [0.29, 0.717) is 13.0 Å². The molecular weight excluding hydrogens is 210 g/mol. The molecule has 1 atom stereocenters. The highest BCUT2D eigenvalue weighted by Gasteiger charge is 2.30. The van der Waals surface area contributed by atoms with Gasteiger partial charge >= 0.3 is 11.8 Å². The Bertz CT molecular complexity index is 228. The molecule has 0 fully saturated rings. The third-order valence-corrected chi connectivity index (χ3v) is 2.28. The molecule has 94 valence electrons. The molecule has 1 unspecified atom stereocenters. The van der Waals surface area contributed by atoms with Gasteiger partial charge in [-0.15, -0.1) is 0 Å². The lowest BCUT2D eigenvalue weighted by Crippen LogP contribution is -2.38. The molecule has 5 nitrogen and oxygen atoms in total. The van der Waals surface area contributed by atoms with Crippen molar-refractivity contribution in [1.29, 1.82) is 0 Å². The third kappa shape index (κ3) is 5.70. The van der Waals surface area contributed by atoms with Crippen LogP contribution in [0.2, 0.25) is 0 Å². The van der Waals surface area contributed by atoms with Gasteiger partial charge in [0.05, 0.1) is 6.04 Å². The predicted octanol–water partition coefficient (Wildman–Crippen LogP) is 0.227. The number of unbranched alkanes of at least 4 members (excludes halogenated alkanes) is 3. The van der Waals surface area contributed by atoms with E-state index < -0.39 is 17.8 Å². The predicted molar refractivity (Wildman–Crippen MR) is 58.4 cm³/mol. The Hall–Kier alpha value is -1.10. The molecule has 0 bridgehead atoms. The van der Waals surface area contributed by atoms with E-state index in [4.69, 9.17) is 10.5 Å². The monoisotopic (exact) mass is 231 g/mol. The second-order valence-electron chi connectivity index (χ2n) is 3.66. The molecule has 0 amide bonds. The Morgan fingerprint density at radius 1 is 1.38 bits per heavy atom. The van der Waals surface area contributed by atoms with E-state index in [0.717, 1.165) is 25.7 Å². The van der Waals surface area contributed by atoms with Gasteiger partial charge in [-0.2, -0.15) is 0 Å². The molecule has 0 aliphatic heterocycles. The van der Waals surface area contributed by atoms with Crippen molar-refractivity contribution in [2.75, 3.05) is 6.61 Å². The fourth-order valence-corrected chi connectivity index (χ4v) is 1.17. The van der Waals surface area contributed by atoms with Crippen LogP contribution in [-0.4, -0.2) is 24.4 Å². The summed E-state index contributed by atoms with van der Waals surface area (Å²) < 4.78 is 8.63. The van der Waals surface area contributed by atoms with Crippen molar-refractivity contribution in [2.24, 2.45) is 5.73 Å². The summed E-state index contributed by atoms with van der Waals surface area (Å²) >= 11 is 0. The molecule has 0 saturated heterocycles. The second-order valence-corrected chi connectivity index (χ2v) is 3.66. The van der Waals surface area contributed by atoms with Crippen LogP contribution in [0.15, 0.2) is 0 Å². The minimum Gasteiger partial charge on any atom is -0.588 e. The molecule has 0 saturated carbocycles. The second kappa shape index (κ2) is 9.15. The number of Topliss-reactive ketones (excluding diaryl/α,β-unsaturated/α-hetero) is 1. The van der Waals surface area contributed by atoms with E-state index in [1.165, 1.54) is 0 Å². The first-order valence-electron chi connectivity index (χ1n) is 5.76. The van der Waals surface area contributed by atoms with Crippen LogP contribution in [0.4, 0.5) is 0 Å². The molecule has 0 radical (unpaired) electrons. The lowest BCUT2D eigenvalue weighted by Gasteiger charge is -2.03. The van der Waals surface area contributed by atoms with Crippen molar-refractivity contribution in [3.63, 3.8) is 0 Å². The molecule has 0 heterocycles. The van der Waals surface area contributed by atoms with Crippen LogP contribution in [0, 0.1) is 0 Å². The molecule has 5 heteroatoms. The average molecular weight is 231 g/mol. The van der Waals surface area contributed by atoms with Crippen LogP contribution in [0.1, 0.15) is 46.0 Å². The highest BCUT2D eigenvalue weighted by Crippen LogP contribution is 2.00. The van der Waals surface area contributed by atoms with Crippen LogP contribution in [0.3, 0.4) is 0 Å². The molecular formula is C11H21NO4. The Balaban J connectivity index is 3.89. The smallest absolute Gasteiger partial charge is 0.571 e. The van der Waals surface area contributed by atoms with E-state index in [2.05, 4.69) is 11.5 Å². The number of rotatable bonds is 8. The standard InChI is InChI=1S/C11H21NO4/c1-3-5-6-7-8-15-11(16-14)10(13)9(12)4-2/h9H,3-8,12H2,1-2H3. The minimum absolute atomic E-state index is 0.319. The molecule has 16 heavy (non-hydrogen) atoms. The highest BCUT2D eigenvalue weighted by molar-refractivity contribution is 6.35. The first-order chi connectivity index (χ1) is 7.67. The maximum absolute atomic E-state index is 11.4. The number of esters is 1. The number of carbonyl (C=O) groups excluding carboxylic acids is 2. The minimum atomic E-state index is -0.723. The van der Waals surface area contributed by atoms with Gasteiger partial charge in [-0.3, -0.25) is 9.37 Å². The molecule has 0 aromatic rings. The zero-order chi connectivity index (χ0) is 12.4. The molecule has 0 rings (SSSR count). The van der Waals surface area contributed by atoms with E-state index in [9.17, 15) is 10.1 Å². The normalized spacial score (nSPS) is 13.6. The van der Waals surface area contributed by atoms with Crippen molar-refractivity contribution < 1.29 is 19.4 Å². The summed E-state index contributed by atoms with van der Waals surface area (Å²) in [5.41, 5.74) is 5.48. The van der Waals surface area contributed by atoms with Crippen molar-refractivity contribution in [3.05, 3.63) is 0 Å². The summed E-state index contributed by atoms with van der Waals surface area (Å²) in [6.45, 7) is 4.18. The van der Waals surface area contributed by atoms with Gasteiger partial charge in [0, 0.05) is 6.42 Å². The summed E-state index contributed by atoms with van der Waals surface area (Å²) in [6.07, 6.45) is 4.49. The quantitative estimate of drug-likeness (QED) is 0.162. The van der Waals surface area contributed by atoms with Crippen molar-refractivity contribution in [2.45, 2.75) is 52.0 Å². The van der Waals surface area contributed by atoms with Crippen LogP contribution in [-0.2, 0) is 14.1 Å². The lowest BCUT2D eigenvalue weighted by molar-refractivity contribution is -1.05. The summed E-state index contributed by atoms with van der Waals surface area (Å²) in [5.74, 6) is -1.07. The molecule has 0 aliphatic rings. The number of ether oxygens (including phenoxy) is 1. The van der Waals surface area contributed by atoms with Crippen LogP contribution in [0.5, 0.6) is 0 Å². The number of ketones is 1. The zero-order valence-corrected chi connectivity index (χ0v) is 10.0. The van der Waals surface area contributed by atoms with Gasteiger partial charge in [-0.25, -0.2) is 0 Å². The number of carbonyl (C=O) groups is 1. The Morgan fingerprint density at radius 2 is 2.06 bits per heavy atom. The van der Waals surface area contributed by atoms with Gasteiger partial charge in [-0.05, 0) is 12.8 Å². The molecule has 0 aromatic carbocycles. The summed E-state index contributed by atoms with van der Waals surface area (Å²) in [4.78, 5) is 11.4. The summed E-state index contributed by atoms with van der Waals surface area (Å²) in [5, 5.41) is 10.3. The molecule has 0 spiro atoms. The first-order valence-corrected chi connectivity index (χ1v) is 5.76. The topological polar surface area (TPSA) is 86.7 Å². The number of hydrogen-bond donors (Lipinski definition) is 1. The molecule has 0 aliphatic carbocycles. The highest BCUT2D eigenvalue weighted by atomic mass is 17.1. The Labute approximate surface area is 96.2 Å². The molecule has 2 N–H and O–H groups in total. The van der Waals surface area contributed by atoms with Crippen molar-refractivity contribution in [3.8, 4) is 0 Å². The number of hydrogen-bond acceptors (Lipinski definition) is 4. The van der Waals surface area contributed by atoms with E-state index in [1.54, 1.807) is 6.92 Å². The summed E-state index contributed by atoms with van der Waals surface area (Å²) in [6, 6.07) is -0.723. The zero-order valence-electron chi connectivity index (χ0n) is 10.0. The largest absolute Gasteiger partial charge is 0.588 e. The van der Waals surface area contributed by atoms with Crippen LogP contribution in [0.25, 0.3) is 0 Å². The van der Waals surface area contributed by atoms with Crippen LogP contribution >= 0.6 is 0 Å². The molecule has 0 aromatic heterocycles. The maximum Gasteiger partial charge on any atom is 0.571 e. The van der Waals surface area contributed by atoms with Gasteiger partial charge in [-0.1, -0.05) is 26.7 Å². The SMILES string of the molecule is CCCCCCOC(=[O+][O-])C(=O)C(N)CC. The van der Waals surface area contributed by atoms with Crippen molar-refractivity contribution in [1.82, 2.24) is 0 Å².